The molecule has 0 aliphatic carbocycles. The van der Waals surface area contributed by atoms with E-state index in [0.717, 1.165) is 51.4 Å². The fourth-order valence-corrected chi connectivity index (χ4v) is 4.63. The number of carbonyl (C=O) groups is 2. The Kier molecular flexibility index (Phi) is 17.4. The zero-order valence-electron chi connectivity index (χ0n) is 21.1. The Morgan fingerprint density at radius 2 is 0.970 bits per heavy atom. The zero-order chi connectivity index (χ0) is 24.2. The number of hydrogen-bond acceptors (Lipinski definition) is 2. The summed E-state index contributed by atoms with van der Waals surface area (Å²) in [4.78, 5) is 21.3. The van der Waals surface area contributed by atoms with Crippen LogP contribution >= 0.6 is 0 Å². The molecule has 0 fully saturated rings. The molecule has 33 heavy (non-hydrogen) atoms. The molecule has 4 nitrogen and oxygen atoms in total. The van der Waals surface area contributed by atoms with Gasteiger partial charge in [0.05, 0.1) is 0 Å². The first-order chi connectivity index (χ1) is 16.0. The lowest BCUT2D eigenvalue weighted by atomic mass is 9.90. The van der Waals surface area contributed by atoms with Crippen LogP contribution in [0.15, 0.2) is 18.2 Å². The summed E-state index contributed by atoms with van der Waals surface area (Å²) in [6.45, 7) is 2.26. The Labute approximate surface area is 202 Å². The maximum absolute atomic E-state index is 10.7. The van der Waals surface area contributed by atoms with Gasteiger partial charge in [-0.2, -0.15) is 0 Å². The zero-order valence-corrected chi connectivity index (χ0v) is 21.1. The normalized spacial score (nSPS) is 11.1. The number of unbranched alkanes of at least 4 members (excludes halogenated alkanes) is 12. The predicted octanol–water partition coefficient (Wildman–Crippen LogP) is 8.13. The van der Waals surface area contributed by atoms with Crippen LogP contribution in [0, 0.1) is 0 Å². The summed E-state index contributed by atoms with van der Waals surface area (Å²) in [6, 6.07) is 6.88. The van der Waals surface area contributed by atoms with Crippen LogP contribution in [0.2, 0.25) is 0 Å². The standard InChI is InChI=1S/C29H48O4/c1-2-3-4-7-12-18-25-20-17-21-26(19-13-8-5-10-15-23-28(30)31)27(25)22-14-9-6-11-16-24-29(32)33/h17,20-21H,2-16,18-19,22-24H2,1H3,(H,30,31)(H,32,33). The summed E-state index contributed by atoms with van der Waals surface area (Å²) < 4.78 is 0. The van der Waals surface area contributed by atoms with Crippen molar-refractivity contribution in [3.05, 3.63) is 34.9 Å². The van der Waals surface area contributed by atoms with Gasteiger partial charge in [-0.05, 0) is 68.1 Å². The van der Waals surface area contributed by atoms with Crippen molar-refractivity contribution in [3.8, 4) is 0 Å². The number of carboxylic acids is 2. The molecular formula is C29H48O4. The van der Waals surface area contributed by atoms with E-state index >= 15 is 0 Å². The smallest absolute Gasteiger partial charge is 0.303 e. The molecule has 0 spiro atoms. The van der Waals surface area contributed by atoms with Crippen LogP contribution in [0.1, 0.15) is 133 Å². The molecule has 0 aliphatic heterocycles. The maximum Gasteiger partial charge on any atom is 0.303 e. The van der Waals surface area contributed by atoms with E-state index in [1.807, 2.05) is 0 Å². The third kappa shape index (κ3) is 15.6. The molecule has 0 amide bonds. The number of carboxylic acid groups (broad SMARTS) is 2. The maximum atomic E-state index is 10.7. The van der Waals surface area contributed by atoms with Crippen molar-refractivity contribution >= 4 is 11.9 Å². The van der Waals surface area contributed by atoms with Crippen molar-refractivity contribution < 1.29 is 19.8 Å². The van der Waals surface area contributed by atoms with E-state index in [0.29, 0.717) is 12.8 Å². The van der Waals surface area contributed by atoms with Gasteiger partial charge >= 0.3 is 11.9 Å². The van der Waals surface area contributed by atoms with Crippen LogP contribution in [-0.2, 0) is 28.9 Å². The van der Waals surface area contributed by atoms with Crippen molar-refractivity contribution in [1.29, 1.82) is 0 Å². The lowest BCUT2D eigenvalue weighted by Crippen LogP contribution is -2.02. The molecule has 0 radical (unpaired) electrons. The quantitative estimate of drug-likeness (QED) is 0.171. The van der Waals surface area contributed by atoms with E-state index in [4.69, 9.17) is 10.2 Å². The average Bonchev–Trinajstić information content (AvgIpc) is 2.78. The van der Waals surface area contributed by atoms with Crippen LogP contribution in [-0.4, -0.2) is 22.2 Å². The second-order valence-electron chi connectivity index (χ2n) is 9.54. The molecule has 0 aromatic heterocycles. The summed E-state index contributed by atoms with van der Waals surface area (Å²) in [5, 5.41) is 17.5. The van der Waals surface area contributed by atoms with Gasteiger partial charge in [0.15, 0.2) is 0 Å². The topological polar surface area (TPSA) is 74.6 Å². The van der Waals surface area contributed by atoms with Gasteiger partial charge in [0.25, 0.3) is 0 Å². The molecule has 4 heteroatoms. The lowest BCUT2D eigenvalue weighted by molar-refractivity contribution is -0.138. The molecule has 1 rings (SSSR count). The Bertz CT molecular complexity index is 653. The summed E-state index contributed by atoms with van der Waals surface area (Å²) >= 11 is 0. The van der Waals surface area contributed by atoms with Gasteiger partial charge in [-0.1, -0.05) is 89.3 Å². The van der Waals surface area contributed by atoms with Crippen molar-refractivity contribution in [1.82, 2.24) is 0 Å². The molecule has 1 aromatic rings. The van der Waals surface area contributed by atoms with Crippen molar-refractivity contribution in [2.45, 2.75) is 135 Å². The highest BCUT2D eigenvalue weighted by molar-refractivity contribution is 5.66. The highest BCUT2D eigenvalue weighted by atomic mass is 16.4. The Balaban J connectivity index is 2.53. The summed E-state index contributed by atoms with van der Waals surface area (Å²) in [5.41, 5.74) is 4.62. The Hall–Kier alpha value is -1.84. The monoisotopic (exact) mass is 460 g/mol. The number of aliphatic carboxylic acids is 2. The van der Waals surface area contributed by atoms with E-state index in [-0.39, 0.29) is 0 Å². The van der Waals surface area contributed by atoms with E-state index in [9.17, 15) is 9.59 Å². The first-order valence-corrected chi connectivity index (χ1v) is 13.6. The van der Waals surface area contributed by atoms with Gasteiger partial charge < -0.3 is 10.2 Å². The van der Waals surface area contributed by atoms with Gasteiger partial charge in [0.2, 0.25) is 0 Å². The molecule has 1 aromatic carbocycles. The van der Waals surface area contributed by atoms with Crippen molar-refractivity contribution in [2.24, 2.45) is 0 Å². The van der Waals surface area contributed by atoms with E-state index in [1.165, 1.54) is 75.3 Å². The SMILES string of the molecule is CCCCCCCc1cccc(CCCCCCCC(=O)O)c1CCCCCCCC(=O)O. The van der Waals surface area contributed by atoms with Crippen LogP contribution in [0.5, 0.6) is 0 Å². The molecule has 0 heterocycles. The number of rotatable bonds is 22. The minimum atomic E-state index is -0.687. The highest BCUT2D eigenvalue weighted by Gasteiger charge is 2.09. The fourth-order valence-electron chi connectivity index (χ4n) is 4.63. The molecule has 0 saturated carbocycles. The molecule has 188 valence electrons. The first kappa shape index (κ1) is 29.2. The second-order valence-corrected chi connectivity index (χ2v) is 9.54. The number of benzene rings is 1. The van der Waals surface area contributed by atoms with Crippen molar-refractivity contribution in [2.75, 3.05) is 0 Å². The molecule has 0 bridgehead atoms. The van der Waals surface area contributed by atoms with E-state index in [2.05, 4.69) is 25.1 Å². The summed E-state index contributed by atoms with van der Waals surface area (Å²) in [7, 11) is 0. The highest BCUT2D eigenvalue weighted by Crippen LogP contribution is 2.23. The average molecular weight is 461 g/mol. The molecule has 0 saturated heterocycles. The van der Waals surface area contributed by atoms with Gasteiger partial charge in [-0.25, -0.2) is 0 Å². The third-order valence-corrected chi connectivity index (χ3v) is 6.57. The van der Waals surface area contributed by atoms with Crippen LogP contribution in [0.25, 0.3) is 0 Å². The van der Waals surface area contributed by atoms with Gasteiger partial charge in [0.1, 0.15) is 0 Å². The molecule has 0 aliphatic rings. The fraction of sp³-hybridized carbons (Fsp3) is 0.724. The molecule has 0 unspecified atom stereocenters. The Morgan fingerprint density at radius 3 is 1.42 bits per heavy atom. The summed E-state index contributed by atoms with van der Waals surface area (Å²) in [6.07, 6.45) is 21.1. The minimum absolute atomic E-state index is 0.292. The Morgan fingerprint density at radius 1 is 0.576 bits per heavy atom. The summed E-state index contributed by atoms with van der Waals surface area (Å²) in [5.74, 6) is -1.37. The van der Waals surface area contributed by atoms with E-state index < -0.39 is 11.9 Å². The van der Waals surface area contributed by atoms with Crippen LogP contribution in [0.3, 0.4) is 0 Å². The van der Waals surface area contributed by atoms with Crippen LogP contribution < -0.4 is 0 Å². The second kappa shape index (κ2) is 19.6. The molecular weight excluding hydrogens is 412 g/mol. The van der Waals surface area contributed by atoms with E-state index in [1.54, 1.807) is 5.56 Å². The number of aryl methyl sites for hydroxylation is 2. The van der Waals surface area contributed by atoms with Crippen LogP contribution in [0.4, 0.5) is 0 Å². The molecule has 0 atom stereocenters. The number of hydrogen-bond donors (Lipinski definition) is 2. The van der Waals surface area contributed by atoms with Gasteiger partial charge in [0, 0.05) is 12.8 Å². The lowest BCUT2D eigenvalue weighted by Gasteiger charge is -2.16. The minimum Gasteiger partial charge on any atom is -0.481 e. The van der Waals surface area contributed by atoms with Gasteiger partial charge in [-0.15, -0.1) is 0 Å². The predicted molar refractivity (Wildman–Crippen MR) is 137 cm³/mol. The first-order valence-electron chi connectivity index (χ1n) is 13.6. The van der Waals surface area contributed by atoms with Crippen molar-refractivity contribution in [3.63, 3.8) is 0 Å². The largest absolute Gasteiger partial charge is 0.481 e. The molecule has 2 N–H and O–H groups in total. The van der Waals surface area contributed by atoms with Gasteiger partial charge in [-0.3, -0.25) is 9.59 Å². The third-order valence-electron chi connectivity index (χ3n) is 6.57.